The predicted octanol–water partition coefficient (Wildman–Crippen LogP) is 6.46. The summed E-state index contributed by atoms with van der Waals surface area (Å²) >= 11 is 1.14. The van der Waals surface area contributed by atoms with E-state index in [1.54, 1.807) is 44.4 Å². The number of unbranched alkanes of at least 4 members (excludes halogenated alkanes) is 1. The number of nitrogens with zero attached hydrogens (tertiary/aromatic N) is 3. The summed E-state index contributed by atoms with van der Waals surface area (Å²) in [5, 5.41) is 0.651. The Hall–Kier alpha value is -4.36. The fourth-order valence-electron chi connectivity index (χ4n) is 4.83. The Morgan fingerprint density at radius 2 is 1.74 bits per heavy atom. The molecule has 2 heterocycles. The van der Waals surface area contributed by atoms with Gasteiger partial charge in [0.05, 0.1) is 55.9 Å². The van der Waals surface area contributed by atoms with E-state index in [0.29, 0.717) is 52.2 Å². The molecular weight excluding hydrogens is 592 g/mol. The molecule has 0 amide bonds. The van der Waals surface area contributed by atoms with E-state index >= 15 is 0 Å². The van der Waals surface area contributed by atoms with Gasteiger partial charge in [0.25, 0.3) is 0 Å². The van der Waals surface area contributed by atoms with Crippen molar-refractivity contribution in [3.05, 3.63) is 60.2 Å². The van der Waals surface area contributed by atoms with Crippen molar-refractivity contribution >= 4 is 55.5 Å². The molecule has 0 saturated heterocycles. The van der Waals surface area contributed by atoms with Crippen molar-refractivity contribution in [3.63, 3.8) is 0 Å². The van der Waals surface area contributed by atoms with E-state index in [4.69, 9.17) is 18.9 Å². The quantitative estimate of drug-likeness (QED) is 0.156. The standard InChI is InChI=1S/C30H32N4O7S2/c1-5-7-14-43(36,37)33-21-10-12-25-22(17-21)28(20-9-13-26(38-3)27(16-20)39-4)29(41-30(35)40-6-2)34(25)18-19-8-11-23-24(15-19)32-42-31-23/h8-13,15-17,33H,5-7,14,18H2,1-4H3. The molecule has 0 radical (unpaired) electrons. The Labute approximate surface area is 253 Å². The molecule has 226 valence electrons. The first-order valence-corrected chi connectivity index (χ1v) is 16.1. The van der Waals surface area contributed by atoms with Gasteiger partial charge in [-0.25, -0.2) is 13.2 Å². The first kappa shape index (κ1) is 30.1. The second-order valence-corrected chi connectivity index (χ2v) is 12.1. The van der Waals surface area contributed by atoms with Gasteiger partial charge in [0.2, 0.25) is 15.9 Å². The molecule has 0 spiro atoms. The highest BCUT2D eigenvalue weighted by Gasteiger charge is 2.25. The maximum Gasteiger partial charge on any atom is 0.515 e. The largest absolute Gasteiger partial charge is 0.515 e. The molecule has 0 unspecified atom stereocenters. The maximum atomic E-state index is 12.8. The molecule has 2 aromatic heterocycles. The van der Waals surface area contributed by atoms with Crippen LogP contribution in [0.5, 0.6) is 17.4 Å². The van der Waals surface area contributed by atoms with Crippen molar-refractivity contribution in [2.24, 2.45) is 0 Å². The number of anilines is 1. The maximum absolute atomic E-state index is 12.8. The molecule has 5 aromatic rings. The van der Waals surface area contributed by atoms with Crippen LogP contribution in [0.15, 0.2) is 54.6 Å². The van der Waals surface area contributed by atoms with E-state index < -0.39 is 16.2 Å². The molecule has 43 heavy (non-hydrogen) atoms. The zero-order chi connectivity index (χ0) is 30.6. The summed E-state index contributed by atoms with van der Waals surface area (Å²) in [5.41, 5.74) is 4.75. The molecule has 0 saturated carbocycles. The summed E-state index contributed by atoms with van der Waals surface area (Å²) in [6, 6.07) is 16.4. The molecule has 11 nitrogen and oxygen atoms in total. The van der Waals surface area contributed by atoms with E-state index in [1.165, 1.54) is 7.11 Å². The van der Waals surface area contributed by atoms with Crippen LogP contribution in [-0.4, -0.2) is 54.5 Å². The van der Waals surface area contributed by atoms with Crippen LogP contribution in [-0.2, 0) is 21.3 Å². The average Bonchev–Trinajstić information content (AvgIpc) is 3.57. The summed E-state index contributed by atoms with van der Waals surface area (Å²) in [6.07, 6.45) is 0.429. The van der Waals surface area contributed by atoms with Crippen LogP contribution in [0, 0.1) is 0 Å². The second kappa shape index (κ2) is 12.9. The molecule has 3 aromatic carbocycles. The normalized spacial score (nSPS) is 11.5. The molecule has 13 heteroatoms. The van der Waals surface area contributed by atoms with E-state index in [-0.39, 0.29) is 18.2 Å². The molecule has 0 aliphatic carbocycles. The molecule has 1 N–H and O–H groups in total. The van der Waals surface area contributed by atoms with Gasteiger partial charge in [0.15, 0.2) is 11.5 Å². The fraction of sp³-hybridized carbons (Fsp3) is 0.300. The number of benzene rings is 3. The lowest BCUT2D eigenvalue weighted by Crippen LogP contribution is -2.16. The molecule has 0 aliphatic heterocycles. The number of carbonyl (C=O) groups excluding carboxylic acids is 1. The van der Waals surface area contributed by atoms with Crippen LogP contribution in [0.25, 0.3) is 33.1 Å². The molecular formula is C30H32N4O7S2. The number of hydrogen-bond acceptors (Lipinski definition) is 10. The van der Waals surface area contributed by atoms with Crippen molar-refractivity contribution in [3.8, 4) is 28.5 Å². The van der Waals surface area contributed by atoms with Crippen molar-refractivity contribution in [1.29, 1.82) is 0 Å². The Morgan fingerprint density at radius 3 is 2.49 bits per heavy atom. The average molecular weight is 625 g/mol. The number of sulfonamides is 1. The van der Waals surface area contributed by atoms with Gasteiger partial charge < -0.3 is 23.5 Å². The molecule has 0 atom stereocenters. The van der Waals surface area contributed by atoms with E-state index in [2.05, 4.69) is 13.5 Å². The first-order chi connectivity index (χ1) is 20.8. The van der Waals surface area contributed by atoms with E-state index in [9.17, 15) is 13.2 Å². The van der Waals surface area contributed by atoms with Crippen LogP contribution in [0.1, 0.15) is 32.3 Å². The van der Waals surface area contributed by atoms with Gasteiger partial charge in [-0.1, -0.05) is 25.5 Å². The third-order valence-electron chi connectivity index (χ3n) is 6.83. The van der Waals surface area contributed by atoms with Gasteiger partial charge in [0.1, 0.15) is 11.0 Å². The van der Waals surface area contributed by atoms with Gasteiger partial charge in [0, 0.05) is 11.1 Å². The van der Waals surface area contributed by atoms with Crippen LogP contribution in [0.3, 0.4) is 0 Å². The highest BCUT2D eigenvalue weighted by molar-refractivity contribution is 7.92. The number of rotatable bonds is 12. The zero-order valence-electron chi connectivity index (χ0n) is 24.2. The summed E-state index contributed by atoms with van der Waals surface area (Å²) in [7, 11) is -0.485. The first-order valence-electron chi connectivity index (χ1n) is 13.7. The topological polar surface area (TPSA) is 131 Å². The summed E-state index contributed by atoms with van der Waals surface area (Å²) in [4.78, 5) is 12.8. The Balaban J connectivity index is 1.74. The van der Waals surface area contributed by atoms with E-state index in [1.807, 2.05) is 35.8 Å². The van der Waals surface area contributed by atoms with Gasteiger partial charge in [-0.05, 0) is 66.9 Å². The Bertz CT molecular complexity index is 1880. The monoisotopic (exact) mass is 624 g/mol. The molecule has 0 bridgehead atoms. The minimum Gasteiger partial charge on any atom is -0.493 e. The number of methoxy groups -OCH3 is 2. The van der Waals surface area contributed by atoms with Crippen molar-refractivity contribution in [1.82, 2.24) is 13.3 Å². The molecule has 0 aliphatic rings. The van der Waals surface area contributed by atoms with Gasteiger partial charge in [-0.3, -0.25) is 4.72 Å². The SMILES string of the molecule is CCCCS(=O)(=O)Nc1ccc2c(c1)c(-c1ccc(OC)c(OC)c1)c(OC(=O)OCC)n2Cc1ccc2nsnc2c1. The van der Waals surface area contributed by atoms with E-state index in [0.717, 1.165) is 34.7 Å². The lowest BCUT2D eigenvalue weighted by atomic mass is 10.0. The Kier molecular flexibility index (Phi) is 9.02. The fourth-order valence-corrected chi connectivity index (χ4v) is 6.60. The number of hydrogen-bond donors (Lipinski definition) is 1. The van der Waals surface area contributed by atoms with Crippen LogP contribution in [0.2, 0.25) is 0 Å². The third kappa shape index (κ3) is 6.52. The highest BCUT2D eigenvalue weighted by atomic mass is 32.2. The minimum absolute atomic E-state index is 0.0102. The van der Waals surface area contributed by atoms with Crippen molar-refractivity contribution in [2.75, 3.05) is 31.3 Å². The number of aromatic nitrogens is 3. The van der Waals surface area contributed by atoms with Gasteiger partial charge in [-0.2, -0.15) is 8.75 Å². The zero-order valence-corrected chi connectivity index (χ0v) is 25.9. The van der Waals surface area contributed by atoms with Crippen LogP contribution < -0.4 is 18.9 Å². The minimum atomic E-state index is -3.57. The van der Waals surface area contributed by atoms with Crippen molar-refractivity contribution in [2.45, 2.75) is 33.2 Å². The smallest absolute Gasteiger partial charge is 0.493 e. The van der Waals surface area contributed by atoms with Gasteiger partial charge in [-0.15, -0.1) is 0 Å². The van der Waals surface area contributed by atoms with Crippen LogP contribution >= 0.6 is 11.7 Å². The lowest BCUT2D eigenvalue weighted by molar-refractivity contribution is 0.101. The molecule has 5 rings (SSSR count). The third-order valence-corrected chi connectivity index (χ3v) is 8.76. The summed E-state index contributed by atoms with van der Waals surface area (Å²) < 4.78 is 60.8. The Morgan fingerprint density at radius 1 is 0.953 bits per heavy atom. The highest BCUT2D eigenvalue weighted by Crippen LogP contribution is 2.44. The second-order valence-electron chi connectivity index (χ2n) is 9.71. The summed E-state index contributed by atoms with van der Waals surface area (Å²) in [6.45, 7) is 4.07. The number of carbonyl (C=O) groups is 1. The predicted molar refractivity (Wildman–Crippen MR) is 167 cm³/mol. The molecule has 0 fully saturated rings. The van der Waals surface area contributed by atoms with Crippen LogP contribution in [0.4, 0.5) is 10.5 Å². The number of fused-ring (bicyclic) bond motifs is 2. The van der Waals surface area contributed by atoms with Gasteiger partial charge >= 0.3 is 6.16 Å². The summed E-state index contributed by atoms with van der Waals surface area (Å²) in [5.74, 6) is 1.23. The van der Waals surface area contributed by atoms with Crippen molar-refractivity contribution < 1.29 is 32.2 Å². The number of nitrogens with one attached hydrogen (secondary N) is 1. The lowest BCUT2D eigenvalue weighted by Gasteiger charge is -2.13. The number of ether oxygens (including phenoxy) is 4.